The summed E-state index contributed by atoms with van der Waals surface area (Å²) in [6.07, 6.45) is 0. The van der Waals surface area contributed by atoms with Gasteiger partial charge in [0.15, 0.2) is 0 Å². The zero-order valence-electron chi connectivity index (χ0n) is 11.2. The largest absolute Gasteiger partial charge is 0.284 e. The minimum Gasteiger partial charge on any atom is -0.284 e. The lowest BCUT2D eigenvalue weighted by Gasteiger charge is -2.06. The lowest BCUT2D eigenvalue weighted by molar-refractivity contribution is 1.13. The molecule has 2 rings (SSSR count). The first-order valence-corrected chi connectivity index (χ1v) is 5.27. The molecule has 0 N–H and O–H groups in total. The topological polar surface area (TPSA) is 12.4 Å². The smallest absolute Gasteiger partial charge is 0.0718 e. The third-order valence-corrected chi connectivity index (χ3v) is 2.32. The Morgan fingerprint density at radius 1 is 0.938 bits per heavy atom. The summed E-state index contributed by atoms with van der Waals surface area (Å²) in [7, 11) is 0. The molecule has 0 aliphatic rings. The molecule has 0 aliphatic heterocycles. The molecular weight excluding hydrogens is 196 g/mol. The molecule has 0 aliphatic carbocycles. The standard InChI is InChI=1S/C15H15N/c1-2-16-15(13-9-5-3-6-10-13)14-11-7-4-8-12-14/h3-12H,2H2,1H3/i2+1D2,16+1. The fourth-order valence-electron chi connectivity index (χ4n) is 1.60. The molecule has 0 heterocycles. The van der Waals surface area contributed by atoms with Crippen LogP contribution in [-0.2, 0) is 0 Å². The highest BCUT2D eigenvalue weighted by Gasteiger charge is 2.04. The normalized spacial score (nSPS) is 12.6. The first-order chi connectivity index (χ1) is 8.56. The molecule has 0 bridgehead atoms. The van der Waals surface area contributed by atoms with Crippen LogP contribution >= 0.6 is 0 Å². The lowest BCUT2D eigenvalue weighted by atomic mass is 10.0. The van der Waals surface area contributed by atoms with E-state index in [-0.39, 0.29) is 0 Å². The summed E-state index contributed by atoms with van der Waals surface area (Å²) >= 11 is 0. The third-order valence-electron chi connectivity index (χ3n) is 2.32. The van der Waals surface area contributed by atoms with E-state index in [0.717, 1.165) is 11.1 Å². The molecule has 0 amide bonds. The van der Waals surface area contributed by atoms with E-state index in [4.69, 9.17) is 2.74 Å². The van der Waals surface area contributed by atoms with Crippen LogP contribution < -0.4 is 0 Å². The van der Waals surface area contributed by atoms with Gasteiger partial charge in [0.2, 0.25) is 0 Å². The SMILES string of the molecule is [2H][13C]([2H])(C)[15N]=C(c1ccccc1)c1ccccc1. The van der Waals surface area contributed by atoms with Gasteiger partial charge in [-0.3, -0.25) is 4.99 Å². The maximum Gasteiger partial charge on any atom is 0.0718 e. The Bertz CT molecular complexity index is 486. The predicted octanol–water partition coefficient (Wildman–Crippen LogP) is 3.54. The van der Waals surface area contributed by atoms with Crippen LogP contribution in [0.25, 0.3) is 0 Å². The molecule has 0 unspecified atom stereocenters. The number of benzene rings is 2. The Balaban J connectivity index is 2.53. The van der Waals surface area contributed by atoms with Crippen LogP contribution in [0.4, 0.5) is 0 Å². The maximum absolute atomic E-state index is 7.64. The van der Waals surface area contributed by atoms with Crippen molar-refractivity contribution in [2.45, 2.75) is 6.92 Å². The molecular formula is C15H15N. The van der Waals surface area contributed by atoms with E-state index in [1.54, 1.807) is 0 Å². The van der Waals surface area contributed by atoms with Gasteiger partial charge in [-0.1, -0.05) is 60.7 Å². The van der Waals surface area contributed by atoms with Crippen LogP contribution in [-0.4, -0.2) is 12.2 Å². The molecule has 0 saturated carbocycles. The summed E-state index contributed by atoms with van der Waals surface area (Å²) in [6, 6.07) is 19.4. The zero-order valence-corrected chi connectivity index (χ0v) is 9.22. The summed E-state index contributed by atoms with van der Waals surface area (Å²) in [5.74, 6) is 0. The second-order valence-electron chi connectivity index (χ2n) is 3.42. The molecule has 1 heteroatoms. The first kappa shape index (κ1) is 8.28. The first-order valence-electron chi connectivity index (χ1n) is 6.27. The van der Waals surface area contributed by atoms with Crippen LogP contribution in [0.2, 0.25) is 0 Å². The van der Waals surface area contributed by atoms with E-state index in [0.29, 0.717) is 5.71 Å². The van der Waals surface area contributed by atoms with Gasteiger partial charge in [0.25, 0.3) is 0 Å². The number of hydrogen-bond acceptors (Lipinski definition) is 1. The molecule has 2 aromatic carbocycles. The van der Waals surface area contributed by atoms with E-state index in [1.165, 1.54) is 6.92 Å². The third kappa shape index (κ3) is 2.37. The van der Waals surface area contributed by atoms with Crippen molar-refractivity contribution in [3.05, 3.63) is 71.8 Å². The molecule has 0 atom stereocenters. The lowest BCUT2D eigenvalue weighted by Crippen LogP contribution is -2.03. The fourth-order valence-corrected chi connectivity index (χ4v) is 1.60. The summed E-state index contributed by atoms with van der Waals surface area (Å²) in [4.78, 5) is 4.20. The number of rotatable bonds is 3. The Morgan fingerprint density at radius 3 is 1.75 bits per heavy atom. The number of nitrogens with zero attached hydrogens (tertiary/aromatic N) is 1. The quantitative estimate of drug-likeness (QED) is 0.420. The van der Waals surface area contributed by atoms with Gasteiger partial charge >= 0.3 is 0 Å². The molecule has 0 radical (unpaired) electrons. The van der Waals surface area contributed by atoms with Crippen LogP contribution in [0.5, 0.6) is 0 Å². The van der Waals surface area contributed by atoms with Crippen molar-refractivity contribution in [3.63, 3.8) is 0 Å². The van der Waals surface area contributed by atoms with Gasteiger partial charge in [-0.2, -0.15) is 0 Å². The van der Waals surface area contributed by atoms with Crippen LogP contribution in [0.15, 0.2) is 65.7 Å². The van der Waals surface area contributed by atoms with Crippen molar-refractivity contribution in [3.8, 4) is 0 Å². The van der Waals surface area contributed by atoms with Crippen LogP contribution in [0.1, 0.15) is 20.8 Å². The second-order valence-corrected chi connectivity index (χ2v) is 3.42. The van der Waals surface area contributed by atoms with E-state index in [9.17, 15) is 0 Å². The Labute approximate surface area is 99.3 Å². The highest BCUT2D eigenvalue weighted by atomic mass is 15.6. The van der Waals surface area contributed by atoms with Crippen molar-refractivity contribution in [2.24, 2.45) is 4.99 Å². The Hall–Kier alpha value is -1.89. The van der Waals surface area contributed by atoms with Gasteiger partial charge in [-0.05, 0) is 6.92 Å². The van der Waals surface area contributed by atoms with Gasteiger partial charge in [0.1, 0.15) is 0 Å². The van der Waals surface area contributed by atoms with E-state index >= 15 is 0 Å². The number of hydrogen-bond donors (Lipinski definition) is 0. The molecule has 0 saturated heterocycles. The van der Waals surface area contributed by atoms with Crippen molar-refractivity contribution in [2.75, 3.05) is 6.50 Å². The minimum absolute atomic E-state index is 0.684. The average Bonchev–Trinajstić information content (AvgIpc) is 2.37. The van der Waals surface area contributed by atoms with E-state index < -0.39 is 6.50 Å². The van der Waals surface area contributed by atoms with Crippen LogP contribution in [0.3, 0.4) is 0 Å². The Morgan fingerprint density at radius 2 is 1.38 bits per heavy atom. The zero-order chi connectivity index (χ0) is 13.0. The fraction of sp³-hybridized carbons (Fsp3) is 0.133. The van der Waals surface area contributed by atoms with Crippen molar-refractivity contribution in [1.82, 2.24) is 0 Å². The number of aliphatic imine (C=N–C) groups is 1. The summed E-state index contributed by atoms with van der Waals surface area (Å²) in [5, 5.41) is 0. The molecule has 2 aromatic rings. The minimum atomic E-state index is -1.58. The highest BCUT2D eigenvalue weighted by Crippen LogP contribution is 2.10. The van der Waals surface area contributed by atoms with E-state index in [2.05, 4.69) is 4.99 Å². The summed E-state index contributed by atoms with van der Waals surface area (Å²) < 4.78 is 15.3. The van der Waals surface area contributed by atoms with Gasteiger partial charge in [-0.25, -0.2) is 0 Å². The molecule has 0 aromatic heterocycles. The predicted molar refractivity (Wildman–Crippen MR) is 69.1 cm³/mol. The maximum atomic E-state index is 7.64. The van der Waals surface area contributed by atoms with Crippen molar-refractivity contribution >= 4 is 5.71 Å². The Kier molecular flexibility index (Phi) is 2.73. The molecule has 16 heavy (non-hydrogen) atoms. The molecule has 80 valence electrons. The molecule has 0 fully saturated rings. The summed E-state index contributed by atoms with van der Waals surface area (Å²) in [6.45, 7) is -0.125. The van der Waals surface area contributed by atoms with Crippen molar-refractivity contribution in [1.29, 1.82) is 0 Å². The van der Waals surface area contributed by atoms with Crippen LogP contribution in [0, 0.1) is 0 Å². The van der Waals surface area contributed by atoms with Gasteiger partial charge < -0.3 is 0 Å². The second kappa shape index (κ2) is 5.26. The van der Waals surface area contributed by atoms with Gasteiger partial charge in [0.05, 0.1) is 8.45 Å². The molecule has 0 spiro atoms. The average molecular weight is 213 g/mol. The summed E-state index contributed by atoms with van der Waals surface area (Å²) in [5.41, 5.74) is 2.53. The van der Waals surface area contributed by atoms with Gasteiger partial charge in [0, 0.05) is 17.6 Å². The molecule has 1 nitrogen and oxygen atoms in total. The van der Waals surface area contributed by atoms with Crippen molar-refractivity contribution < 1.29 is 2.74 Å². The van der Waals surface area contributed by atoms with E-state index in [1.807, 2.05) is 60.7 Å². The highest BCUT2D eigenvalue weighted by molar-refractivity contribution is 6.12. The monoisotopic (exact) mass is 213 g/mol. The van der Waals surface area contributed by atoms with Gasteiger partial charge in [-0.15, -0.1) is 0 Å².